The predicted octanol–water partition coefficient (Wildman–Crippen LogP) is 4.51. The Kier molecular flexibility index (Phi) is 6.22. The van der Waals surface area contributed by atoms with Gasteiger partial charge in [0.1, 0.15) is 11.5 Å². The molecule has 0 aliphatic carbocycles. The zero-order chi connectivity index (χ0) is 21.8. The van der Waals surface area contributed by atoms with E-state index >= 15 is 0 Å². The number of non-ortho nitro benzene ring substituents is 1. The van der Waals surface area contributed by atoms with Gasteiger partial charge in [0, 0.05) is 43.6 Å². The van der Waals surface area contributed by atoms with Gasteiger partial charge in [0.2, 0.25) is 5.91 Å². The number of nitrogens with zero attached hydrogens (tertiary/aromatic N) is 4. The average molecular weight is 441 g/mol. The van der Waals surface area contributed by atoms with Crippen LogP contribution in [0, 0.1) is 15.9 Å². The maximum absolute atomic E-state index is 14.1. The van der Waals surface area contributed by atoms with E-state index in [2.05, 4.69) is 4.99 Å². The number of rotatable bonds is 7. The van der Waals surface area contributed by atoms with Crippen molar-refractivity contribution in [2.45, 2.75) is 25.8 Å². The second-order valence-corrected chi connectivity index (χ2v) is 8.10. The number of para-hydroxylation sites is 1. The van der Waals surface area contributed by atoms with Gasteiger partial charge >= 0.3 is 0 Å². The van der Waals surface area contributed by atoms with E-state index in [1.54, 1.807) is 30.3 Å². The van der Waals surface area contributed by atoms with Crippen molar-refractivity contribution in [1.82, 2.24) is 9.47 Å². The molecule has 2 aromatic carbocycles. The molecule has 0 spiro atoms. The topological polar surface area (TPSA) is 80.7 Å². The van der Waals surface area contributed by atoms with Crippen LogP contribution in [-0.4, -0.2) is 33.4 Å². The fourth-order valence-electron chi connectivity index (χ4n) is 3.62. The Labute approximate surface area is 182 Å². The number of likely N-dealkylation sites (tertiary alicyclic amines) is 1. The van der Waals surface area contributed by atoms with Gasteiger partial charge in [-0.1, -0.05) is 12.1 Å². The van der Waals surface area contributed by atoms with Crippen molar-refractivity contribution in [2.24, 2.45) is 4.99 Å². The van der Waals surface area contributed by atoms with E-state index in [0.717, 1.165) is 30.6 Å². The summed E-state index contributed by atoms with van der Waals surface area (Å²) in [6.07, 6.45) is 2.23. The summed E-state index contributed by atoms with van der Waals surface area (Å²) in [5.74, 6) is -0.218. The maximum atomic E-state index is 14.1. The quantitative estimate of drug-likeness (QED) is 0.400. The molecule has 0 radical (unpaired) electrons. The first kappa shape index (κ1) is 20.9. The monoisotopic (exact) mass is 440 g/mol. The zero-order valence-corrected chi connectivity index (χ0v) is 17.6. The van der Waals surface area contributed by atoms with Gasteiger partial charge in [-0.2, -0.15) is 0 Å². The van der Waals surface area contributed by atoms with Gasteiger partial charge in [0.05, 0.1) is 10.6 Å². The van der Waals surface area contributed by atoms with Gasteiger partial charge in [0.15, 0.2) is 4.80 Å². The molecule has 1 aromatic heterocycles. The number of halogens is 1. The molecule has 0 saturated carbocycles. The third-order valence-corrected chi connectivity index (χ3v) is 6.08. The van der Waals surface area contributed by atoms with E-state index in [0.29, 0.717) is 24.3 Å². The summed E-state index contributed by atoms with van der Waals surface area (Å²) in [7, 11) is 0. The first-order chi connectivity index (χ1) is 15.0. The van der Waals surface area contributed by atoms with Crippen LogP contribution in [0.4, 0.5) is 15.8 Å². The van der Waals surface area contributed by atoms with Crippen LogP contribution >= 0.6 is 11.3 Å². The molecule has 7 nitrogen and oxygen atoms in total. The summed E-state index contributed by atoms with van der Waals surface area (Å²) < 4.78 is 16.1. The van der Waals surface area contributed by atoms with Gasteiger partial charge in [-0.05, 0) is 42.7 Å². The van der Waals surface area contributed by atoms with Crippen LogP contribution < -0.4 is 4.80 Å². The molecular formula is C22H21FN4O3S. The fraction of sp³-hybridized carbons (Fsp3) is 0.273. The molecule has 0 bridgehead atoms. The third-order valence-electron chi connectivity index (χ3n) is 5.22. The second kappa shape index (κ2) is 9.22. The number of benzene rings is 2. The molecule has 160 valence electrons. The van der Waals surface area contributed by atoms with Crippen molar-refractivity contribution >= 4 is 28.6 Å². The van der Waals surface area contributed by atoms with Crippen LogP contribution in [0.1, 0.15) is 19.3 Å². The molecule has 2 heterocycles. The van der Waals surface area contributed by atoms with Crippen LogP contribution in [0.25, 0.3) is 11.3 Å². The van der Waals surface area contributed by atoms with Crippen LogP contribution in [0.2, 0.25) is 0 Å². The second-order valence-electron chi connectivity index (χ2n) is 7.26. The summed E-state index contributed by atoms with van der Waals surface area (Å²) in [6, 6.07) is 12.7. The Morgan fingerprint density at radius 3 is 2.58 bits per heavy atom. The van der Waals surface area contributed by atoms with E-state index < -0.39 is 10.7 Å². The predicted molar refractivity (Wildman–Crippen MR) is 116 cm³/mol. The van der Waals surface area contributed by atoms with E-state index in [1.165, 1.54) is 29.5 Å². The van der Waals surface area contributed by atoms with E-state index in [9.17, 15) is 19.3 Å². The lowest BCUT2D eigenvalue weighted by Gasteiger charge is -2.16. The number of aromatic nitrogens is 1. The molecule has 0 N–H and O–H groups in total. The molecule has 1 fully saturated rings. The fourth-order valence-corrected chi connectivity index (χ4v) is 4.57. The smallest absolute Gasteiger partial charge is 0.269 e. The highest BCUT2D eigenvalue weighted by Gasteiger charge is 2.19. The van der Waals surface area contributed by atoms with Crippen molar-refractivity contribution in [2.75, 3.05) is 13.1 Å². The van der Waals surface area contributed by atoms with Gasteiger partial charge < -0.3 is 9.47 Å². The van der Waals surface area contributed by atoms with Crippen molar-refractivity contribution in [3.8, 4) is 11.3 Å². The largest absolute Gasteiger partial charge is 0.343 e. The normalized spacial score (nSPS) is 14.4. The summed E-state index contributed by atoms with van der Waals surface area (Å²) in [5.41, 5.74) is 1.94. The highest BCUT2D eigenvalue weighted by molar-refractivity contribution is 7.07. The van der Waals surface area contributed by atoms with Crippen LogP contribution in [-0.2, 0) is 11.3 Å². The summed E-state index contributed by atoms with van der Waals surface area (Å²) >= 11 is 1.38. The van der Waals surface area contributed by atoms with Gasteiger partial charge in [-0.25, -0.2) is 9.38 Å². The number of hydrogen-bond donors (Lipinski definition) is 0. The van der Waals surface area contributed by atoms with Crippen molar-refractivity contribution < 1.29 is 14.1 Å². The summed E-state index contributed by atoms with van der Waals surface area (Å²) in [5, 5.41) is 12.9. The van der Waals surface area contributed by atoms with Crippen LogP contribution in [0.5, 0.6) is 0 Å². The summed E-state index contributed by atoms with van der Waals surface area (Å²) in [6.45, 7) is 2.03. The van der Waals surface area contributed by atoms with Crippen LogP contribution in [0.15, 0.2) is 58.9 Å². The Hall–Kier alpha value is -3.33. The van der Waals surface area contributed by atoms with Crippen molar-refractivity contribution in [3.05, 3.63) is 74.6 Å². The zero-order valence-electron chi connectivity index (χ0n) is 16.7. The number of nitro groups is 1. The molecule has 1 aliphatic rings. The van der Waals surface area contributed by atoms with Gasteiger partial charge in [-0.3, -0.25) is 14.9 Å². The Morgan fingerprint density at radius 2 is 1.90 bits per heavy atom. The maximum Gasteiger partial charge on any atom is 0.269 e. The molecular weight excluding hydrogens is 419 g/mol. The van der Waals surface area contributed by atoms with E-state index in [1.807, 2.05) is 14.8 Å². The molecule has 0 unspecified atom stereocenters. The SMILES string of the molecule is O=C1CCCN1CCCn1c(-c2ccc([N+](=O)[O-])cc2)csc1=Nc1ccccc1F. The molecule has 1 aliphatic heterocycles. The minimum absolute atomic E-state index is 0.0225. The highest BCUT2D eigenvalue weighted by atomic mass is 32.1. The lowest BCUT2D eigenvalue weighted by Crippen LogP contribution is -2.27. The Morgan fingerprint density at radius 1 is 1.13 bits per heavy atom. The molecule has 3 aromatic rings. The minimum atomic E-state index is -0.433. The molecule has 4 rings (SSSR count). The number of amides is 1. The molecule has 1 saturated heterocycles. The Balaban J connectivity index is 1.67. The number of nitro benzene ring substituents is 1. The summed E-state index contributed by atoms with van der Waals surface area (Å²) in [4.78, 5) is 29.4. The first-order valence-corrected chi connectivity index (χ1v) is 10.9. The lowest BCUT2D eigenvalue weighted by atomic mass is 10.1. The van der Waals surface area contributed by atoms with Crippen molar-refractivity contribution in [1.29, 1.82) is 0 Å². The molecule has 0 atom stereocenters. The number of carbonyl (C=O) groups is 1. The van der Waals surface area contributed by atoms with Gasteiger partial charge in [-0.15, -0.1) is 11.3 Å². The van der Waals surface area contributed by atoms with Crippen LogP contribution in [0.3, 0.4) is 0 Å². The Bertz CT molecular complexity index is 1170. The molecule has 1 amide bonds. The first-order valence-electron chi connectivity index (χ1n) is 10.0. The minimum Gasteiger partial charge on any atom is -0.343 e. The average Bonchev–Trinajstić information content (AvgIpc) is 3.36. The number of thiazole rings is 1. The molecule has 9 heteroatoms. The third kappa shape index (κ3) is 4.72. The number of carbonyl (C=O) groups excluding carboxylic acids is 1. The lowest BCUT2D eigenvalue weighted by molar-refractivity contribution is -0.384. The van der Waals surface area contributed by atoms with E-state index in [4.69, 9.17) is 0 Å². The highest BCUT2D eigenvalue weighted by Crippen LogP contribution is 2.24. The standard InChI is InChI=1S/C22H21FN4O3S/c23-18-5-1-2-6-19(18)24-22-26(14-4-13-25-12-3-7-21(25)28)20(15-31-22)16-8-10-17(11-9-16)27(29)30/h1-2,5-6,8-11,15H,3-4,7,12-14H2. The molecule has 31 heavy (non-hydrogen) atoms. The number of hydrogen-bond acceptors (Lipinski definition) is 5. The van der Waals surface area contributed by atoms with E-state index in [-0.39, 0.29) is 17.3 Å². The van der Waals surface area contributed by atoms with Gasteiger partial charge in [0.25, 0.3) is 5.69 Å². The van der Waals surface area contributed by atoms with Crippen molar-refractivity contribution in [3.63, 3.8) is 0 Å².